The molecule has 2 fully saturated rings. The molecule has 258 valence electrons. The monoisotopic (exact) mass is 705 g/mol. The first-order valence-corrected chi connectivity index (χ1v) is 17.2. The number of rotatable bonds is 8. The van der Waals surface area contributed by atoms with Gasteiger partial charge >= 0.3 is 12.2 Å². The van der Waals surface area contributed by atoms with Crippen LogP contribution in [-0.4, -0.2) is 116 Å². The second-order valence-electron chi connectivity index (χ2n) is 12.3. The number of morpholine rings is 1. The lowest BCUT2D eigenvalue weighted by molar-refractivity contribution is -0.0979. The van der Waals surface area contributed by atoms with Gasteiger partial charge in [0, 0.05) is 86.6 Å². The van der Waals surface area contributed by atoms with E-state index in [4.69, 9.17) is 37.7 Å². The third kappa shape index (κ3) is 7.93. The fourth-order valence-electron chi connectivity index (χ4n) is 6.75. The van der Waals surface area contributed by atoms with Crippen LogP contribution in [0.1, 0.15) is 36.6 Å². The summed E-state index contributed by atoms with van der Waals surface area (Å²) in [5.74, 6) is 0.311. The van der Waals surface area contributed by atoms with E-state index in [2.05, 4.69) is 9.80 Å². The van der Waals surface area contributed by atoms with Crippen LogP contribution >= 0.6 is 23.2 Å². The number of hydrogen-bond acceptors (Lipinski definition) is 6. The van der Waals surface area contributed by atoms with Crippen LogP contribution in [0.15, 0.2) is 76.8 Å². The van der Waals surface area contributed by atoms with Gasteiger partial charge in [-0.15, -0.1) is 0 Å². The highest BCUT2D eigenvalue weighted by atomic mass is 35.5. The smallest absolute Gasteiger partial charge is 0.379 e. The molecule has 0 radical (unpaired) electrons. The summed E-state index contributed by atoms with van der Waals surface area (Å²) in [5, 5.41) is 1.10. The number of ether oxygens (including phenoxy) is 2. The second kappa shape index (κ2) is 15.3. The Kier molecular flexibility index (Phi) is 11.1. The SMILES string of the molecule is CCOC1CC(C(F)(F)F)=CC=C1C1=NC(c2ccc(Cl)cc2)C(c2ccc(Cl)cc2)N1C(=O)N1CCN(CCN2CCOCC2)CC1. The van der Waals surface area contributed by atoms with Crippen molar-refractivity contribution < 1.29 is 27.4 Å². The van der Waals surface area contributed by atoms with Gasteiger partial charge < -0.3 is 14.4 Å². The first-order chi connectivity index (χ1) is 23.1. The minimum Gasteiger partial charge on any atom is -0.379 e. The fourth-order valence-corrected chi connectivity index (χ4v) is 7.00. The summed E-state index contributed by atoms with van der Waals surface area (Å²) in [4.78, 5) is 28.1. The molecule has 8 nitrogen and oxygen atoms in total. The van der Waals surface area contributed by atoms with E-state index in [9.17, 15) is 18.0 Å². The standard InChI is InChI=1S/C35H40Cl2F3N5O3/c1-2-48-30-23-26(35(38,39)40)7-12-29(30)33-41-31(24-3-8-27(36)9-4-24)32(25-5-10-28(37)11-6-25)45(33)34(46)44-17-15-42(16-18-44)13-14-43-19-21-47-22-20-43/h3-12,30-32H,2,13-23H2,1H3. The van der Waals surface area contributed by atoms with Gasteiger partial charge in [0.15, 0.2) is 0 Å². The van der Waals surface area contributed by atoms with Gasteiger partial charge in [0.25, 0.3) is 0 Å². The molecule has 3 aliphatic heterocycles. The molecule has 1 aliphatic carbocycles. The Morgan fingerprint density at radius 1 is 0.875 bits per heavy atom. The molecule has 2 aromatic rings. The number of nitrogens with zero attached hydrogens (tertiary/aromatic N) is 5. The van der Waals surface area contributed by atoms with Crippen LogP contribution in [-0.2, 0) is 9.47 Å². The maximum absolute atomic E-state index is 14.8. The number of alkyl halides is 3. The number of amides is 2. The van der Waals surface area contributed by atoms with E-state index in [0.29, 0.717) is 47.6 Å². The molecule has 0 N–H and O–H groups in total. The summed E-state index contributed by atoms with van der Waals surface area (Å²) in [6.07, 6.45) is -3.31. The van der Waals surface area contributed by atoms with Crippen molar-refractivity contribution in [3.05, 3.63) is 93.0 Å². The minimum absolute atomic E-state index is 0.196. The van der Waals surface area contributed by atoms with E-state index in [1.807, 2.05) is 29.2 Å². The average Bonchev–Trinajstić information content (AvgIpc) is 3.48. The number of urea groups is 1. The summed E-state index contributed by atoms with van der Waals surface area (Å²) < 4.78 is 52.9. The minimum atomic E-state index is -4.50. The van der Waals surface area contributed by atoms with Crippen molar-refractivity contribution in [2.45, 2.75) is 37.7 Å². The number of amidine groups is 1. The Hall–Kier alpha value is -2.93. The first-order valence-electron chi connectivity index (χ1n) is 16.4. The molecule has 2 saturated heterocycles. The van der Waals surface area contributed by atoms with Crippen molar-refractivity contribution in [3.8, 4) is 0 Å². The summed E-state index contributed by atoms with van der Waals surface area (Å²) in [5.41, 5.74) is 1.37. The lowest BCUT2D eigenvalue weighted by atomic mass is 9.92. The highest BCUT2D eigenvalue weighted by Crippen LogP contribution is 2.46. The topological polar surface area (TPSA) is 60.9 Å². The van der Waals surface area contributed by atoms with Gasteiger partial charge in [-0.3, -0.25) is 19.7 Å². The number of piperazine rings is 1. The van der Waals surface area contributed by atoms with Crippen molar-refractivity contribution >= 4 is 35.1 Å². The number of halogens is 5. The van der Waals surface area contributed by atoms with E-state index in [1.165, 1.54) is 6.08 Å². The van der Waals surface area contributed by atoms with Crippen molar-refractivity contribution in [2.24, 2.45) is 4.99 Å². The van der Waals surface area contributed by atoms with Gasteiger partial charge in [0.05, 0.1) is 25.4 Å². The fraction of sp³-hybridized carbons (Fsp3) is 0.486. The van der Waals surface area contributed by atoms with Gasteiger partial charge in [0.2, 0.25) is 0 Å². The average molecular weight is 707 g/mol. The number of carbonyl (C=O) groups is 1. The number of benzene rings is 2. The van der Waals surface area contributed by atoms with Crippen LogP contribution in [0.25, 0.3) is 0 Å². The van der Waals surface area contributed by atoms with Crippen LogP contribution in [0.5, 0.6) is 0 Å². The van der Waals surface area contributed by atoms with E-state index < -0.39 is 29.9 Å². The molecule has 0 saturated carbocycles. The van der Waals surface area contributed by atoms with Crippen molar-refractivity contribution in [3.63, 3.8) is 0 Å². The Labute approximate surface area is 289 Å². The van der Waals surface area contributed by atoms with Gasteiger partial charge in [-0.2, -0.15) is 13.2 Å². The quantitative estimate of drug-likeness (QED) is 0.303. The van der Waals surface area contributed by atoms with Gasteiger partial charge in [0.1, 0.15) is 11.9 Å². The van der Waals surface area contributed by atoms with Crippen molar-refractivity contribution in [1.82, 2.24) is 19.6 Å². The molecular weight excluding hydrogens is 666 g/mol. The van der Waals surface area contributed by atoms with Crippen molar-refractivity contribution in [2.75, 3.05) is 72.2 Å². The van der Waals surface area contributed by atoms with Gasteiger partial charge in [-0.05, 0) is 42.3 Å². The van der Waals surface area contributed by atoms with Crippen molar-refractivity contribution in [1.29, 1.82) is 0 Å². The molecule has 0 bridgehead atoms. The van der Waals surface area contributed by atoms with E-state index in [0.717, 1.165) is 56.6 Å². The lowest BCUT2D eigenvalue weighted by Gasteiger charge is -2.40. The molecular formula is C35H40Cl2F3N5O3. The van der Waals surface area contributed by atoms with E-state index in [1.54, 1.807) is 36.1 Å². The molecule has 0 spiro atoms. The van der Waals surface area contributed by atoms with Gasteiger partial charge in [-0.1, -0.05) is 59.6 Å². The highest BCUT2D eigenvalue weighted by Gasteiger charge is 2.47. The van der Waals surface area contributed by atoms with Crippen LogP contribution in [0.4, 0.5) is 18.0 Å². The molecule has 13 heteroatoms. The maximum atomic E-state index is 14.8. The predicted molar refractivity (Wildman–Crippen MR) is 181 cm³/mol. The van der Waals surface area contributed by atoms with Crippen LogP contribution in [0, 0.1) is 0 Å². The third-order valence-electron chi connectivity index (χ3n) is 9.38. The van der Waals surface area contributed by atoms with Crippen LogP contribution in [0.3, 0.4) is 0 Å². The molecule has 3 heterocycles. The number of hydrogen-bond donors (Lipinski definition) is 0. The molecule has 3 atom stereocenters. The molecule has 3 unspecified atom stereocenters. The zero-order chi connectivity index (χ0) is 33.8. The molecule has 2 amide bonds. The second-order valence-corrected chi connectivity index (χ2v) is 13.2. The molecule has 6 rings (SSSR count). The number of allylic oxidation sites excluding steroid dienone is 2. The molecule has 48 heavy (non-hydrogen) atoms. The summed E-state index contributed by atoms with van der Waals surface area (Å²) >= 11 is 12.5. The number of aliphatic imine (C=N–C) groups is 1. The van der Waals surface area contributed by atoms with E-state index >= 15 is 0 Å². The summed E-state index contributed by atoms with van der Waals surface area (Å²) in [6, 6.07) is 13.2. The third-order valence-corrected chi connectivity index (χ3v) is 9.89. The normalized spacial score (nSPS) is 24.4. The Bertz CT molecular complexity index is 1520. The summed E-state index contributed by atoms with van der Waals surface area (Å²) in [7, 11) is 0. The Morgan fingerprint density at radius 2 is 1.46 bits per heavy atom. The largest absolute Gasteiger partial charge is 0.412 e. The highest BCUT2D eigenvalue weighted by molar-refractivity contribution is 6.30. The lowest BCUT2D eigenvalue weighted by Crippen LogP contribution is -2.55. The first kappa shape index (κ1) is 34.9. The predicted octanol–water partition coefficient (Wildman–Crippen LogP) is 6.78. The molecule has 4 aliphatic rings. The Morgan fingerprint density at radius 3 is 2.04 bits per heavy atom. The zero-order valence-corrected chi connectivity index (χ0v) is 28.4. The molecule has 0 aromatic heterocycles. The van der Waals surface area contributed by atoms with Crippen LogP contribution < -0.4 is 0 Å². The summed E-state index contributed by atoms with van der Waals surface area (Å²) in [6.45, 7) is 9.59. The Balaban J connectivity index is 1.35. The van der Waals surface area contributed by atoms with Gasteiger partial charge in [-0.25, -0.2) is 4.79 Å². The zero-order valence-electron chi connectivity index (χ0n) is 26.8. The van der Waals surface area contributed by atoms with E-state index in [-0.39, 0.29) is 19.1 Å². The maximum Gasteiger partial charge on any atom is 0.412 e. The molecule has 2 aromatic carbocycles. The van der Waals surface area contributed by atoms with Crippen LogP contribution in [0.2, 0.25) is 10.0 Å². The number of carbonyl (C=O) groups excluding carboxylic acids is 1.